The highest BCUT2D eigenvalue weighted by Crippen LogP contribution is 2.28. The standard InChI is InChI=1S/C12H11N5O/c1-8-2-3-10(9(13)6-8)18-12-11-16-15-7-17(11)5-4-14-12/h2-7H,13H2,1H3. The number of hydrogen-bond acceptors (Lipinski definition) is 5. The van der Waals surface area contributed by atoms with Gasteiger partial charge in [-0.1, -0.05) is 6.07 Å². The number of nitrogen functional groups attached to an aromatic ring is 1. The number of fused-ring (bicyclic) bond motifs is 1. The number of nitrogens with zero attached hydrogens (tertiary/aromatic N) is 4. The fourth-order valence-corrected chi connectivity index (χ4v) is 1.67. The average Bonchev–Trinajstić information content (AvgIpc) is 2.82. The molecular weight excluding hydrogens is 230 g/mol. The molecule has 0 fully saturated rings. The van der Waals surface area contributed by atoms with Crippen LogP contribution in [0.3, 0.4) is 0 Å². The zero-order valence-electron chi connectivity index (χ0n) is 9.74. The molecule has 2 heterocycles. The Morgan fingerprint density at radius 3 is 3.06 bits per heavy atom. The van der Waals surface area contributed by atoms with Crippen LogP contribution in [0.15, 0.2) is 36.9 Å². The average molecular weight is 241 g/mol. The van der Waals surface area contributed by atoms with Gasteiger partial charge in [-0.3, -0.25) is 4.40 Å². The summed E-state index contributed by atoms with van der Waals surface area (Å²) in [5.74, 6) is 0.940. The monoisotopic (exact) mass is 241 g/mol. The van der Waals surface area contributed by atoms with Gasteiger partial charge in [0.05, 0.1) is 5.69 Å². The zero-order chi connectivity index (χ0) is 12.5. The van der Waals surface area contributed by atoms with Gasteiger partial charge in [0.25, 0.3) is 5.88 Å². The van der Waals surface area contributed by atoms with Crippen molar-refractivity contribution in [3.63, 3.8) is 0 Å². The van der Waals surface area contributed by atoms with Gasteiger partial charge in [-0.05, 0) is 24.6 Å². The van der Waals surface area contributed by atoms with Gasteiger partial charge in [-0.2, -0.15) is 0 Å². The molecule has 0 aliphatic heterocycles. The lowest BCUT2D eigenvalue weighted by Crippen LogP contribution is -1.96. The molecule has 0 saturated heterocycles. The molecule has 90 valence electrons. The summed E-state index contributed by atoms with van der Waals surface area (Å²) in [4.78, 5) is 4.14. The van der Waals surface area contributed by atoms with E-state index in [2.05, 4.69) is 15.2 Å². The van der Waals surface area contributed by atoms with E-state index in [0.717, 1.165) is 5.56 Å². The molecule has 2 N–H and O–H groups in total. The molecular formula is C12H11N5O. The van der Waals surface area contributed by atoms with Crippen LogP contribution in [0.25, 0.3) is 5.65 Å². The largest absolute Gasteiger partial charge is 0.434 e. The third kappa shape index (κ3) is 1.73. The van der Waals surface area contributed by atoms with E-state index in [4.69, 9.17) is 10.5 Å². The summed E-state index contributed by atoms with van der Waals surface area (Å²) in [5, 5.41) is 7.75. The minimum atomic E-state index is 0.380. The molecule has 3 aromatic rings. The summed E-state index contributed by atoms with van der Waals surface area (Å²) in [6.45, 7) is 1.97. The third-order valence-corrected chi connectivity index (χ3v) is 2.56. The van der Waals surface area contributed by atoms with Crippen LogP contribution >= 0.6 is 0 Å². The van der Waals surface area contributed by atoms with Crippen molar-refractivity contribution >= 4 is 11.3 Å². The molecule has 2 aromatic heterocycles. The van der Waals surface area contributed by atoms with Crippen molar-refractivity contribution in [1.82, 2.24) is 19.6 Å². The van der Waals surface area contributed by atoms with Crippen LogP contribution in [0.5, 0.6) is 11.6 Å². The Balaban J connectivity index is 2.03. The normalized spacial score (nSPS) is 10.7. The fourth-order valence-electron chi connectivity index (χ4n) is 1.67. The molecule has 18 heavy (non-hydrogen) atoms. The van der Waals surface area contributed by atoms with Gasteiger partial charge in [-0.15, -0.1) is 10.2 Å². The third-order valence-electron chi connectivity index (χ3n) is 2.56. The smallest absolute Gasteiger partial charge is 0.265 e. The Morgan fingerprint density at radius 1 is 1.33 bits per heavy atom. The van der Waals surface area contributed by atoms with Gasteiger partial charge in [-0.25, -0.2) is 4.98 Å². The van der Waals surface area contributed by atoms with Gasteiger partial charge < -0.3 is 10.5 Å². The molecule has 0 atom stereocenters. The molecule has 6 nitrogen and oxygen atoms in total. The second-order valence-corrected chi connectivity index (χ2v) is 3.94. The van der Waals surface area contributed by atoms with Crippen LogP contribution in [-0.2, 0) is 0 Å². The molecule has 0 aliphatic carbocycles. The lowest BCUT2D eigenvalue weighted by atomic mass is 10.2. The molecule has 3 rings (SSSR count). The SMILES string of the molecule is Cc1ccc(Oc2nccn3cnnc23)c(N)c1. The zero-order valence-corrected chi connectivity index (χ0v) is 9.74. The number of hydrogen-bond donors (Lipinski definition) is 1. The summed E-state index contributed by atoms with van der Waals surface area (Å²) >= 11 is 0. The first-order chi connectivity index (χ1) is 8.74. The van der Waals surface area contributed by atoms with E-state index in [0.29, 0.717) is 23.0 Å². The van der Waals surface area contributed by atoms with Crippen molar-refractivity contribution < 1.29 is 4.74 Å². The molecule has 1 aromatic carbocycles. The van der Waals surface area contributed by atoms with Crippen molar-refractivity contribution in [3.05, 3.63) is 42.5 Å². The number of nitrogens with two attached hydrogens (primary N) is 1. The Morgan fingerprint density at radius 2 is 2.22 bits per heavy atom. The second-order valence-electron chi connectivity index (χ2n) is 3.94. The summed E-state index contributed by atoms with van der Waals surface area (Å²) in [6, 6.07) is 5.58. The minimum absolute atomic E-state index is 0.380. The van der Waals surface area contributed by atoms with Crippen LogP contribution < -0.4 is 10.5 Å². The number of benzene rings is 1. The van der Waals surface area contributed by atoms with Crippen LogP contribution in [0, 0.1) is 6.92 Å². The molecule has 0 aliphatic rings. The van der Waals surface area contributed by atoms with Crippen LogP contribution in [0.4, 0.5) is 5.69 Å². The fraction of sp³-hybridized carbons (Fsp3) is 0.0833. The van der Waals surface area contributed by atoms with Gasteiger partial charge >= 0.3 is 0 Å². The quantitative estimate of drug-likeness (QED) is 0.692. The van der Waals surface area contributed by atoms with Crippen LogP contribution in [-0.4, -0.2) is 19.6 Å². The van der Waals surface area contributed by atoms with Gasteiger partial charge in [0.1, 0.15) is 6.33 Å². The lowest BCUT2D eigenvalue weighted by Gasteiger charge is -2.08. The highest BCUT2D eigenvalue weighted by atomic mass is 16.5. The van der Waals surface area contributed by atoms with Crippen LogP contribution in [0.1, 0.15) is 5.56 Å². The summed E-state index contributed by atoms with van der Waals surface area (Å²) in [6.07, 6.45) is 4.96. The van der Waals surface area contributed by atoms with Gasteiger partial charge in [0.2, 0.25) is 5.65 Å². The maximum atomic E-state index is 5.89. The second kappa shape index (κ2) is 3.99. The molecule has 0 radical (unpaired) electrons. The first-order valence-corrected chi connectivity index (χ1v) is 5.42. The highest BCUT2D eigenvalue weighted by molar-refractivity contribution is 5.57. The van der Waals surface area contributed by atoms with Crippen molar-refractivity contribution in [2.45, 2.75) is 6.92 Å². The van der Waals surface area contributed by atoms with Crippen molar-refractivity contribution in [2.24, 2.45) is 0 Å². The molecule has 0 amide bonds. The van der Waals surface area contributed by atoms with Gasteiger partial charge in [0.15, 0.2) is 5.75 Å². The predicted octanol–water partition coefficient (Wildman–Crippen LogP) is 1.81. The summed E-state index contributed by atoms with van der Waals surface area (Å²) in [7, 11) is 0. The highest BCUT2D eigenvalue weighted by Gasteiger charge is 2.09. The number of aromatic nitrogens is 4. The predicted molar refractivity (Wildman–Crippen MR) is 66.4 cm³/mol. The first-order valence-electron chi connectivity index (χ1n) is 5.42. The maximum Gasteiger partial charge on any atom is 0.265 e. The van der Waals surface area contributed by atoms with E-state index in [1.54, 1.807) is 23.1 Å². The summed E-state index contributed by atoms with van der Waals surface area (Å²) in [5.41, 5.74) is 8.09. The van der Waals surface area contributed by atoms with Gasteiger partial charge in [0, 0.05) is 12.4 Å². The minimum Gasteiger partial charge on any atom is -0.434 e. The maximum absolute atomic E-state index is 5.89. The Kier molecular flexibility index (Phi) is 2.33. The van der Waals surface area contributed by atoms with E-state index in [9.17, 15) is 0 Å². The molecule has 0 spiro atoms. The first kappa shape index (κ1) is 10.5. The molecule has 0 saturated carbocycles. The topological polar surface area (TPSA) is 78.3 Å². The number of aryl methyl sites for hydroxylation is 1. The Bertz CT molecular complexity index is 707. The van der Waals surface area contributed by atoms with Crippen LogP contribution in [0.2, 0.25) is 0 Å². The summed E-state index contributed by atoms with van der Waals surface area (Å²) < 4.78 is 7.41. The molecule has 0 unspecified atom stereocenters. The van der Waals surface area contributed by atoms with Crippen molar-refractivity contribution in [3.8, 4) is 11.6 Å². The number of rotatable bonds is 2. The number of ether oxygens (including phenoxy) is 1. The van der Waals surface area contributed by atoms with E-state index < -0.39 is 0 Å². The Labute approximate surface area is 103 Å². The lowest BCUT2D eigenvalue weighted by molar-refractivity contribution is 0.467. The number of anilines is 1. The van der Waals surface area contributed by atoms with E-state index in [1.807, 2.05) is 25.1 Å². The molecule has 6 heteroatoms. The molecule has 0 bridgehead atoms. The van der Waals surface area contributed by atoms with E-state index in [1.165, 1.54) is 0 Å². The van der Waals surface area contributed by atoms with Crippen molar-refractivity contribution in [1.29, 1.82) is 0 Å². The van der Waals surface area contributed by atoms with Crippen molar-refractivity contribution in [2.75, 3.05) is 5.73 Å². The Hall–Kier alpha value is -2.63. The van der Waals surface area contributed by atoms with E-state index >= 15 is 0 Å². The van der Waals surface area contributed by atoms with E-state index in [-0.39, 0.29) is 0 Å².